The number of fused-ring (bicyclic) bond motifs is 9. The number of hydrogen-bond donors (Lipinski definition) is 2. The highest BCUT2D eigenvalue weighted by atomic mass is 16.5. The number of aliphatic hydroxyl groups excluding tert-OH is 2. The molecule has 174 valence electrons. The normalized spacial score (nSPS) is 51.0. The maximum atomic E-state index is 11.2. The molecule has 6 aliphatic rings. The van der Waals surface area contributed by atoms with E-state index < -0.39 is 0 Å². The lowest BCUT2D eigenvalue weighted by Gasteiger charge is -2.55. The minimum atomic E-state index is -0.299. The fraction of sp³-hybridized carbons (Fsp3) is 0.786. The topological polar surface area (TPSA) is 52.9 Å². The van der Waals surface area contributed by atoms with E-state index in [0.717, 1.165) is 44.4 Å². The van der Waals surface area contributed by atoms with Crippen molar-refractivity contribution in [1.82, 2.24) is 4.90 Å². The third-order valence-corrected chi connectivity index (χ3v) is 11.4. The SMILES string of the molecule is CO[C@@]12C[C@H]3CC[C@H]([C@H](C)c4ccc5c(c41)C[C@@H]1[C@H]5C[C@@H](O)[C@@H]4C[C@@H](O)CC[C@]14C)N2C3. The number of aliphatic hydroxyl groups is 2. The van der Waals surface area contributed by atoms with Gasteiger partial charge < -0.3 is 14.9 Å². The van der Waals surface area contributed by atoms with Gasteiger partial charge in [0, 0.05) is 25.3 Å². The van der Waals surface area contributed by atoms with E-state index in [1.807, 2.05) is 7.11 Å². The van der Waals surface area contributed by atoms with Crippen molar-refractivity contribution in [2.45, 2.75) is 101 Å². The van der Waals surface area contributed by atoms with Crippen LogP contribution in [0.3, 0.4) is 0 Å². The third kappa shape index (κ3) is 2.33. The summed E-state index contributed by atoms with van der Waals surface area (Å²) in [4.78, 5) is 2.74. The number of rotatable bonds is 1. The summed E-state index contributed by atoms with van der Waals surface area (Å²) in [6.45, 7) is 6.06. The van der Waals surface area contributed by atoms with Crippen molar-refractivity contribution in [2.24, 2.45) is 23.2 Å². The molecule has 2 N–H and O–H groups in total. The zero-order chi connectivity index (χ0) is 22.0. The van der Waals surface area contributed by atoms with Gasteiger partial charge in [-0.3, -0.25) is 4.90 Å². The minimum absolute atomic E-state index is 0.113. The molecule has 2 saturated heterocycles. The molecule has 3 heterocycles. The highest BCUT2D eigenvalue weighted by Crippen LogP contribution is 2.65. The molecular weight excluding hydrogens is 398 g/mol. The zero-order valence-corrected chi connectivity index (χ0v) is 19.9. The molecule has 0 aromatic heterocycles. The number of piperidine rings is 1. The summed E-state index contributed by atoms with van der Waals surface area (Å²) in [6.07, 6.45) is 7.91. The predicted molar refractivity (Wildman–Crippen MR) is 123 cm³/mol. The molecule has 3 aliphatic heterocycles. The highest BCUT2D eigenvalue weighted by Gasteiger charge is 2.61. The summed E-state index contributed by atoms with van der Waals surface area (Å²) in [6, 6.07) is 5.48. The van der Waals surface area contributed by atoms with Crippen LogP contribution in [0.25, 0.3) is 0 Å². The van der Waals surface area contributed by atoms with Crippen molar-refractivity contribution < 1.29 is 14.9 Å². The fourth-order valence-electron chi connectivity index (χ4n) is 9.91. The third-order valence-electron chi connectivity index (χ3n) is 11.4. The van der Waals surface area contributed by atoms with E-state index in [1.54, 1.807) is 5.56 Å². The molecule has 3 aliphatic carbocycles. The van der Waals surface area contributed by atoms with E-state index >= 15 is 0 Å². The molecular formula is C28H39NO3. The first kappa shape index (κ1) is 20.4. The standard InChI is InChI=1S/C28H39NO3/c1-15-18-5-6-19-20-12-25(31)23-10-17(30)8-9-27(23,2)22(20)11-21(19)26(18)28(32-3)13-16-4-7-24(15)29(28)14-16/h5-6,15-17,20,22-25,30-31H,4,7-14H2,1-3H3/t15-,16-,17+,20+,22-,23+,24-,25-,27-,28+/m1/s1. The van der Waals surface area contributed by atoms with Crippen molar-refractivity contribution in [2.75, 3.05) is 13.7 Å². The van der Waals surface area contributed by atoms with Crippen molar-refractivity contribution in [3.63, 3.8) is 0 Å². The molecule has 0 spiro atoms. The average Bonchev–Trinajstić information content (AvgIpc) is 3.32. The second-order valence-corrected chi connectivity index (χ2v) is 12.5. The van der Waals surface area contributed by atoms with Crippen molar-refractivity contribution in [3.05, 3.63) is 34.4 Å². The van der Waals surface area contributed by atoms with Gasteiger partial charge in [0.05, 0.1) is 12.2 Å². The van der Waals surface area contributed by atoms with Gasteiger partial charge in [-0.15, -0.1) is 0 Å². The van der Waals surface area contributed by atoms with Crippen LogP contribution in [0.1, 0.15) is 92.9 Å². The number of hydrogen-bond acceptors (Lipinski definition) is 4. The van der Waals surface area contributed by atoms with Gasteiger partial charge in [-0.2, -0.15) is 0 Å². The number of benzene rings is 1. The van der Waals surface area contributed by atoms with Crippen LogP contribution in [0.5, 0.6) is 0 Å². The lowest BCUT2D eigenvalue weighted by molar-refractivity contribution is -0.149. The molecule has 7 rings (SSSR count). The molecule has 0 unspecified atom stereocenters. The van der Waals surface area contributed by atoms with Gasteiger partial charge in [-0.05, 0) is 103 Å². The van der Waals surface area contributed by atoms with Gasteiger partial charge in [-0.1, -0.05) is 26.0 Å². The highest BCUT2D eigenvalue weighted by molar-refractivity contribution is 5.53. The Kier molecular flexibility index (Phi) is 4.21. The van der Waals surface area contributed by atoms with E-state index in [-0.39, 0.29) is 29.3 Å². The zero-order valence-electron chi connectivity index (χ0n) is 19.9. The molecule has 4 heteroatoms. The molecule has 2 saturated carbocycles. The number of nitrogens with zero attached hydrogens (tertiary/aromatic N) is 1. The van der Waals surface area contributed by atoms with E-state index in [4.69, 9.17) is 4.74 Å². The number of methoxy groups -OCH3 is 1. The minimum Gasteiger partial charge on any atom is -0.393 e. The van der Waals surface area contributed by atoms with Gasteiger partial charge in [0.2, 0.25) is 0 Å². The Morgan fingerprint density at radius 1 is 1.06 bits per heavy atom. The molecule has 4 nitrogen and oxygen atoms in total. The summed E-state index contributed by atoms with van der Waals surface area (Å²) in [5.41, 5.74) is 6.00. The van der Waals surface area contributed by atoms with E-state index in [1.165, 1.54) is 36.1 Å². The van der Waals surface area contributed by atoms with Gasteiger partial charge in [-0.25, -0.2) is 0 Å². The lowest BCUT2D eigenvalue weighted by atomic mass is 9.51. The van der Waals surface area contributed by atoms with Gasteiger partial charge >= 0.3 is 0 Å². The molecule has 10 atom stereocenters. The molecule has 0 radical (unpaired) electrons. The Morgan fingerprint density at radius 3 is 2.69 bits per heavy atom. The van der Waals surface area contributed by atoms with Crippen LogP contribution >= 0.6 is 0 Å². The Balaban J connectivity index is 1.38. The summed E-state index contributed by atoms with van der Waals surface area (Å²) in [7, 11) is 1.95. The van der Waals surface area contributed by atoms with Crippen LogP contribution < -0.4 is 0 Å². The largest absolute Gasteiger partial charge is 0.393 e. The Labute approximate surface area is 192 Å². The predicted octanol–water partition coefficient (Wildman–Crippen LogP) is 4.28. The van der Waals surface area contributed by atoms with Crippen molar-refractivity contribution in [3.8, 4) is 0 Å². The summed E-state index contributed by atoms with van der Waals surface area (Å²) in [5, 5.41) is 21.6. The van der Waals surface area contributed by atoms with Gasteiger partial charge in [0.15, 0.2) is 0 Å². The first-order valence-electron chi connectivity index (χ1n) is 13.2. The monoisotopic (exact) mass is 437 g/mol. The van der Waals surface area contributed by atoms with Crippen LogP contribution in [0.15, 0.2) is 12.1 Å². The maximum Gasteiger partial charge on any atom is 0.148 e. The quantitative estimate of drug-likeness (QED) is 0.689. The molecule has 1 aromatic carbocycles. The maximum absolute atomic E-state index is 11.2. The Morgan fingerprint density at radius 2 is 1.88 bits per heavy atom. The number of ether oxygens (including phenoxy) is 1. The first-order valence-corrected chi connectivity index (χ1v) is 13.2. The van der Waals surface area contributed by atoms with Gasteiger partial charge in [0.25, 0.3) is 0 Å². The van der Waals surface area contributed by atoms with Crippen LogP contribution in [-0.4, -0.2) is 47.0 Å². The Hall–Kier alpha value is -0.940. The lowest BCUT2D eigenvalue weighted by Crippen LogP contribution is -2.55. The summed E-state index contributed by atoms with van der Waals surface area (Å²) in [5.74, 6) is 2.56. The van der Waals surface area contributed by atoms with E-state index in [0.29, 0.717) is 23.8 Å². The molecule has 0 amide bonds. The van der Waals surface area contributed by atoms with Crippen LogP contribution in [-0.2, 0) is 16.9 Å². The fourth-order valence-corrected chi connectivity index (χ4v) is 9.91. The van der Waals surface area contributed by atoms with Crippen LogP contribution in [0.2, 0.25) is 0 Å². The van der Waals surface area contributed by atoms with Gasteiger partial charge in [0.1, 0.15) is 5.72 Å². The van der Waals surface area contributed by atoms with Crippen LogP contribution in [0.4, 0.5) is 0 Å². The molecule has 4 fully saturated rings. The van der Waals surface area contributed by atoms with E-state index in [2.05, 4.69) is 30.9 Å². The second kappa shape index (κ2) is 6.59. The average molecular weight is 438 g/mol. The summed E-state index contributed by atoms with van der Waals surface area (Å²) >= 11 is 0. The van der Waals surface area contributed by atoms with Crippen LogP contribution in [0, 0.1) is 23.2 Å². The van der Waals surface area contributed by atoms with Crippen molar-refractivity contribution in [1.29, 1.82) is 0 Å². The molecule has 32 heavy (non-hydrogen) atoms. The smallest absolute Gasteiger partial charge is 0.148 e. The second-order valence-electron chi connectivity index (χ2n) is 12.5. The first-order chi connectivity index (χ1) is 15.4. The molecule has 2 bridgehead atoms. The van der Waals surface area contributed by atoms with Crippen molar-refractivity contribution >= 4 is 0 Å². The Bertz CT molecular complexity index is 962. The van der Waals surface area contributed by atoms with E-state index in [9.17, 15) is 10.2 Å². The molecule has 1 aromatic rings. The summed E-state index contributed by atoms with van der Waals surface area (Å²) < 4.78 is 6.55.